The number of benzene rings is 1. The summed E-state index contributed by atoms with van der Waals surface area (Å²) in [7, 11) is 0. The van der Waals surface area contributed by atoms with Crippen LogP contribution in [-0.2, 0) is 6.54 Å². The zero-order valence-corrected chi connectivity index (χ0v) is 11.5. The summed E-state index contributed by atoms with van der Waals surface area (Å²) in [4.78, 5) is 4.90. The number of halogens is 2. The number of nitrogens with zero attached hydrogens (tertiary/aromatic N) is 2. The first-order valence-electron chi connectivity index (χ1n) is 6.03. The van der Waals surface area contributed by atoms with Gasteiger partial charge in [0, 0.05) is 44.6 Å². The molecule has 0 aliphatic carbocycles. The Balaban J connectivity index is 1.79. The van der Waals surface area contributed by atoms with E-state index in [9.17, 15) is 4.39 Å². The first-order valence-corrected chi connectivity index (χ1v) is 7.15. The van der Waals surface area contributed by atoms with Gasteiger partial charge in [0.1, 0.15) is 5.82 Å². The largest absolute Gasteiger partial charge is 0.300 e. The summed E-state index contributed by atoms with van der Waals surface area (Å²) in [5, 5.41) is 1.05. The molecule has 1 fully saturated rings. The quantitative estimate of drug-likeness (QED) is 0.788. The van der Waals surface area contributed by atoms with Crippen LogP contribution in [0.2, 0.25) is 0 Å². The summed E-state index contributed by atoms with van der Waals surface area (Å²) >= 11 is 3.47. The molecule has 1 aliphatic rings. The topological polar surface area (TPSA) is 6.48 Å². The maximum atomic E-state index is 12.8. The van der Waals surface area contributed by atoms with E-state index in [4.69, 9.17) is 0 Å². The number of piperazine rings is 1. The molecular weight excluding hydrogens is 283 g/mol. The van der Waals surface area contributed by atoms with E-state index in [1.54, 1.807) is 0 Å². The summed E-state index contributed by atoms with van der Waals surface area (Å²) in [6.45, 7) is 6.53. The highest BCUT2D eigenvalue weighted by atomic mass is 79.9. The Kier molecular flexibility index (Phi) is 4.95. The van der Waals surface area contributed by atoms with E-state index in [-0.39, 0.29) is 5.82 Å². The van der Waals surface area contributed by atoms with Crippen molar-refractivity contribution in [1.82, 2.24) is 9.80 Å². The Morgan fingerprint density at radius 3 is 2.18 bits per heavy atom. The van der Waals surface area contributed by atoms with Gasteiger partial charge in [0.05, 0.1) is 0 Å². The van der Waals surface area contributed by atoms with Gasteiger partial charge < -0.3 is 0 Å². The Bertz CT molecular complexity index is 334. The molecule has 4 heteroatoms. The van der Waals surface area contributed by atoms with Crippen LogP contribution in [0.4, 0.5) is 4.39 Å². The van der Waals surface area contributed by atoms with Crippen LogP contribution in [0.5, 0.6) is 0 Å². The lowest BCUT2D eigenvalue weighted by molar-refractivity contribution is 0.133. The molecule has 1 heterocycles. The molecule has 17 heavy (non-hydrogen) atoms. The van der Waals surface area contributed by atoms with E-state index in [1.165, 1.54) is 17.7 Å². The SMILES string of the molecule is Fc1ccc(CN2CCN(CCBr)CC2)cc1. The van der Waals surface area contributed by atoms with Crippen LogP contribution < -0.4 is 0 Å². The van der Waals surface area contributed by atoms with Crippen molar-refractivity contribution < 1.29 is 4.39 Å². The number of alkyl halides is 1. The van der Waals surface area contributed by atoms with Gasteiger partial charge in [-0.25, -0.2) is 4.39 Å². The van der Waals surface area contributed by atoms with E-state index in [1.807, 2.05) is 12.1 Å². The van der Waals surface area contributed by atoms with Gasteiger partial charge in [0.2, 0.25) is 0 Å². The Labute approximate surface area is 111 Å². The fourth-order valence-electron chi connectivity index (χ4n) is 2.14. The molecule has 94 valence electrons. The lowest BCUT2D eigenvalue weighted by Gasteiger charge is -2.34. The molecule has 0 saturated carbocycles. The van der Waals surface area contributed by atoms with Gasteiger partial charge in [-0.2, -0.15) is 0 Å². The van der Waals surface area contributed by atoms with Gasteiger partial charge in [-0.3, -0.25) is 9.80 Å². The third-order valence-corrected chi connectivity index (χ3v) is 3.54. The second kappa shape index (κ2) is 6.47. The van der Waals surface area contributed by atoms with Gasteiger partial charge >= 0.3 is 0 Å². The Hall–Kier alpha value is -0.450. The minimum atomic E-state index is -0.157. The van der Waals surface area contributed by atoms with Crippen molar-refractivity contribution >= 4 is 15.9 Å². The Morgan fingerprint density at radius 1 is 1.00 bits per heavy atom. The zero-order valence-electron chi connectivity index (χ0n) is 9.91. The molecule has 0 bridgehead atoms. The van der Waals surface area contributed by atoms with Gasteiger partial charge in [-0.05, 0) is 17.7 Å². The monoisotopic (exact) mass is 300 g/mol. The zero-order chi connectivity index (χ0) is 12.1. The second-order valence-corrected chi connectivity index (χ2v) is 5.23. The fourth-order valence-corrected chi connectivity index (χ4v) is 2.64. The summed E-state index contributed by atoms with van der Waals surface area (Å²) < 4.78 is 12.8. The van der Waals surface area contributed by atoms with Crippen LogP contribution in [-0.4, -0.2) is 47.9 Å². The predicted octanol–water partition coefficient (Wildman–Crippen LogP) is 2.34. The highest BCUT2D eigenvalue weighted by Gasteiger charge is 2.15. The number of hydrogen-bond acceptors (Lipinski definition) is 2. The molecule has 2 nitrogen and oxygen atoms in total. The van der Waals surface area contributed by atoms with E-state index >= 15 is 0 Å². The standard InChI is InChI=1S/C13H18BrFN2/c14-5-6-16-7-9-17(10-8-16)11-12-1-3-13(15)4-2-12/h1-4H,5-11H2. The fraction of sp³-hybridized carbons (Fsp3) is 0.538. The van der Waals surface area contributed by atoms with Gasteiger partial charge in [-0.15, -0.1) is 0 Å². The number of hydrogen-bond donors (Lipinski definition) is 0. The van der Waals surface area contributed by atoms with Crippen molar-refractivity contribution in [3.05, 3.63) is 35.6 Å². The van der Waals surface area contributed by atoms with Gasteiger partial charge in [0.15, 0.2) is 0 Å². The molecular formula is C13H18BrFN2. The minimum absolute atomic E-state index is 0.157. The molecule has 0 N–H and O–H groups in total. The van der Waals surface area contributed by atoms with Crippen molar-refractivity contribution in [1.29, 1.82) is 0 Å². The van der Waals surface area contributed by atoms with E-state index in [2.05, 4.69) is 25.7 Å². The van der Waals surface area contributed by atoms with Crippen molar-refractivity contribution in [3.8, 4) is 0 Å². The maximum absolute atomic E-state index is 12.8. The van der Waals surface area contributed by atoms with E-state index < -0.39 is 0 Å². The molecule has 1 saturated heterocycles. The molecule has 0 atom stereocenters. The molecule has 1 aliphatic heterocycles. The van der Waals surface area contributed by atoms with Crippen LogP contribution in [0.1, 0.15) is 5.56 Å². The lowest BCUT2D eigenvalue weighted by Crippen LogP contribution is -2.46. The lowest BCUT2D eigenvalue weighted by atomic mass is 10.2. The molecule has 0 spiro atoms. The van der Waals surface area contributed by atoms with Crippen LogP contribution in [0.15, 0.2) is 24.3 Å². The van der Waals surface area contributed by atoms with Gasteiger partial charge in [-0.1, -0.05) is 28.1 Å². The van der Waals surface area contributed by atoms with Crippen LogP contribution in [0, 0.1) is 5.82 Å². The Morgan fingerprint density at radius 2 is 1.59 bits per heavy atom. The first kappa shape index (κ1) is 13.0. The van der Waals surface area contributed by atoms with Crippen molar-refractivity contribution in [3.63, 3.8) is 0 Å². The summed E-state index contributed by atoms with van der Waals surface area (Å²) in [6, 6.07) is 6.83. The number of rotatable bonds is 4. The average molecular weight is 301 g/mol. The van der Waals surface area contributed by atoms with E-state index in [0.29, 0.717) is 0 Å². The summed E-state index contributed by atoms with van der Waals surface area (Å²) in [5.41, 5.74) is 1.19. The molecule has 1 aromatic rings. The molecule has 0 unspecified atom stereocenters. The summed E-state index contributed by atoms with van der Waals surface area (Å²) in [5.74, 6) is -0.157. The molecule has 0 amide bonds. The predicted molar refractivity (Wildman–Crippen MR) is 71.9 cm³/mol. The average Bonchev–Trinajstić information content (AvgIpc) is 2.35. The van der Waals surface area contributed by atoms with E-state index in [0.717, 1.165) is 44.6 Å². The first-order chi connectivity index (χ1) is 8.28. The highest BCUT2D eigenvalue weighted by molar-refractivity contribution is 9.09. The molecule has 0 radical (unpaired) electrons. The molecule has 0 aromatic heterocycles. The smallest absolute Gasteiger partial charge is 0.123 e. The normalized spacial score (nSPS) is 18.5. The van der Waals surface area contributed by atoms with Crippen molar-refractivity contribution in [2.24, 2.45) is 0 Å². The molecule has 1 aromatic carbocycles. The van der Waals surface area contributed by atoms with Crippen LogP contribution in [0.3, 0.4) is 0 Å². The van der Waals surface area contributed by atoms with Crippen molar-refractivity contribution in [2.75, 3.05) is 38.1 Å². The summed E-state index contributed by atoms with van der Waals surface area (Å²) in [6.07, 6.45) is 0. The second-order valence-electron chi connectivity index (χ2n) is 4.43. The van der Waals surface area contributed by atoms with Crippen LogP contribution >= 0.6 is 15.9 Å². The highest BCUT2D eigenvalue weighted by Crippen LogP contribution is 2.09. The van der Waals surface area contributed by atoms with Crippen molar-refractivity contribution in [2.45, 2.75) is 6.54 Å². The minimum Gasteiger partial charge on any atom is -0.300 e. The third-order valence-electron chi connectivity index (χ3n) is 3.19. The third kappa shape index (κ3) is 4.05. The van der Waals surface area contributed by atoms with Crippen LogP contribution in [0.25, 0.3) is 0 Å². The van der Waals surface area contributed by atoms with Gasteiger partial charge in [0.25, 0.3) is 0 Å². The molecule has 2 rings (SSSR count). The maximum Gasteiger partial charge on any atom is 0.123 e.